The summed E-state index contributed by atoms with van der Waals surface area (Å²) in [6.07, 6.45) is 11.2. The molecule has 0 aromatic rings. The predicted molar refractivity (Wildman–Crippen MR) is 120 cm³/mol. The smallest absolute Gasteiger partial charge is 0.378 e. The highest BCUT2D eigenvalue weighted by molar-refractivity contribution is 8.82. The average molecular weight is 443 g/mol. The Kier molecular flexibility index (Phi) is 21.9. The summed E-state index contributed by atoms with van der Waals surface area (Å²) in [4.78, 5) is 22.7. The van der Waals surface area contributed by atoms with E-state index in [1.54, 1.807) is 21.6 Å². The summed E-state index contributed by atoms with van der Waals surface area (Å²) >= 11 is 0. The second-order valence-corrected chi connectivity index (χ2v) is 10.5. The Morgan fingerprint density at radius 1 is 0.615 bits per heavy atom. The van der Waals surface area contributed by atoms with Crippen LogP contribution in [0.15, 0.2) is 0 Å². The van der Waals surface area contributed by atoms with E-state index in [0.29, 0.717) is 13.2 Å². The summed E-state index contributed by atoms with van der Waals surface area (Å²) in [5.74, 6) is 2.00. The zero-order chi connectivity index (χ0) is 19.3. The van der Waals surface area contributed by atoms with Gasteiger partial charge in [0.25, 0.3) is 0 Å². The fourth-order valence-electron chi connectivity index (χ4n) is 1.86. The van der Waals surface area contributed by atoms with Crippen molar-refractivity contribution in [2.75, 3.05) is 24.7 Å². The average Bonchev–Trinajstić information content (AvgIpc) is 2.63. The van der Waals surface area contributed by atoms with Crippen molar-refractivity contribution in [2.45, 2.75) is 78.1 Å². The minimum atomic E-state index is -0.159. The molecule has 0 saturated carbocycles. The lowest BCUT2D eigenvalue weighted by Gasteiger charge is -2.04. The Labute approximate surface area is 175 Å². The van der Waals surface area contributed by atoms with Crippen molar-refractivity contribution in [3.63, 3.8) is 0 Å². The Morgan fingerprint density at radius 3 is 1.38 bits per heavy atom. The van der Waals surface area contributed by atoms with Crippen LogP contribution in [-0.4, -0.2) is 35.3 Å². The van der Waals surface area contributed by atoms with E-state index in [-0.39, 0.29) is 10.6 Å². The number of hydrogen-bond acceptors (Lipinski definition) is 8. The molecule has 0 aromatic carbocycles. The van der Waals surface area contributed by atoms with Crippen molar-refractivity contribution < 1.29 is 19.1 Å². The number of ether oxygens (including phenoxy) is 2. The molecule has 0 amide bonds. The van der Waals surface area contributed by atoms with Gasteiger partial charge in [-0.3, -0.25) is 0 Å². The fourth-order valence-corrected chi connectivity index (χ4v) is 5.20. The molecule has 0 N–H and O–H groups in total. The highest BCUT2D eigenvalue weighted by atomic mass is 33.1. The van der Waals surface area contributed by atoms with Gasteiger partial charge in [0.15, 0.2) is 0 Å². The monoisotopic (exact) mass is 442 g/mol. The molecular formula is C18H34O4S4. The van der Waals surface area contributed by atoms with E-state index >= 15 is 0 Å². The Hall–Kier alpha value is 0.340. The van der Waals surface area contributed by atoms with E-state index in [9.17, 15) is 9.59 Å². The van der Waals surface area contributed by atoms with E-state index in [0.717, 1.165) is 50.0 Å². The summed E-state index contributed by atoms with van der Waals surface area (Å²) in [5, 5.41) is -0.318. The highest BCUT2D eigenvalue weighted by Crippen LogP contribution is 2.26. The molecule has 0 spiro atoms. The van der Waals surface area contributed by atoms with E-state index in [1.807, 2.05) is 0 Å². The third-order valence-corrected chi connectivity index (χ3v) is 7.57. The zero-order valence-corrected chi connectivity index (χ0v) is 19.4. The molecule has 0 saturated heterocycles. The Morgan fingerprint density at radius 2 is 1.00 bits per heavy atom. The zero-order valence-electron chi connectivity index (χ0n) is 16.2. The van der Waals surface area contributed by atoms with Gasteiger partial charge in [-0.25, -0.2) is 9.59 Å². The fraction of sp³-hybridized carbons (Fsp3) is 0.889. The Bertz CT molecular complexity index is 311. The van der Waals surface area contributed by atoms with Gasteiger partial charge in [-0.05, 0) is 25.7 Å². The van der Waals surface area contributed by atoms with Gasteiger partial charge in [0.05, 0.1) is 13.2 Å². The van der Waals surface area contributed by atoms with Crippen LogP contribution in [0.25, 0.3) is 0 Å². The number of carbonyl (C=O) groups is 2. The Balaban J connectivity index is 3.17. The van der Waals surface area contributed by atoms with Crippen molar-refractivity contribution in [3.8, 4) is 0 Å². The van der Waals surface area contributed by atoms with Crippen LogP contribution in [0.2, 0.25) is 0 Å². The molecule has 0 fully saturated rings. The first-order chi connectivity index (χ1) is 12.7. The first-order valence-electron chi connectivity index (χ1n) is 9.63. The molecule has 154 valence electrons. The maximum absolute atomic E-state index is 11.4. The second kappa shape index (κ2) is 21.6. The van der Waals surface area contributed by atoms with Crippen LogP contribution in [0.3, 0.4) is 0 Å². The molecule has 0 radical (unpaired) electrons. The topological polar surface area (TPSA) is 52.6 Å². The molecule has 26 heavy (non-hydrogen) atoms. The van der Waals surface area contributed by atoms with Crippen molar-refractivity contribution >= 4 is 53.8 Å². The molecule has 0 aliphatic rings. The van der Waals surface area contributed by atoms with E-state index in [2.05, 4.69) is 13.8 Å². The number of rotatable bonds is 17. The summed E-state index contributed by atoms with van der Waals surface area (Å²) in [6, 6.07) is 0. The van der Waals surface area contributed by atoms with Crippen LogP contribution in [-0.2, 0) is 9.47 Å². The lowest BCUT2D eigenvalue weighted by Crippen LogP contribution is -1.97. The SMILES string of the molecule is CCCCOC(=O)SSCCCCCCCCSSC(=O)OCCCC. The summed E-state index contributed by atoms with van der Waals surface area (Å²) in [6.45, 7) is 5.25. The molecular weight excluding hydrogens is 408 g/mol. The summed E-state index contributed by atoms with van der Waals surface area (Å²) in [7, 11) is 5.64. The van der Waals surface area contributed by atoms with Gasteiger partial charge in [0.1, 0.15) is 0 Å². The maximum Gasteiger partial charge on any atom is 0.378 e. The molecule has 0 aliphatic heterocycles. The molecule has 4 nitrogen and oxygen atoms in total. The van der Waals surface area contributed by atoms with Crippen molar-refractivity contribution in [1.82, 2.24) is 0 Å². The molecule has 0 bridgehead atoms. The number of hydrogen-bond donors (Lipinski definition) is 0. The second-order valence-electron chi connectivity index (χ2n) is 5.84. The van der Waals surface area contributed by atoms with Crippen LogP contribution in [0, 0.1) is 0 Å². The van der Waals surface area contributed by atoms with E-state index < -0.39 is 0 Å². The highest BCUT2D eigenvalue weighted by Gasteiger charge is 2.04. The third kappa shape index (κ3) is 20.6. The molecule has 0 aromatic heterocycles. The number of carbonyl (C=O) groups excluding carboxylic acids is 2. The van der Waals surface area contributed by atoms with Gasteiger partial charge in [0, 0.05) is 33.1 Å². The number of unbranched alkanes of at least 4 members (excludes halogenated alkanes) is 7. The largest absolute Gasteiger partial charge is 0.457 e. The van der Waals surface area contributed by atoms with Gasteiger partial charge in [-0.1, -0.05) is 74.0 Å². The summed E-state index contributed by atoms with van der Waals surface area (Å²) < 4.78 is 10.2. The minimum Gasteiger partial charge on any atom is -0.457 e. The molecule has 0 unspecified atom stereocenters. The van der Waals surface area contributed by atoms with Crippen LogP contribution < -0.4 is 0 Å². The maximum atomic E-state index is 11.4. The normalized spacial score (nSPS) is 10.7. The van der Waals surface area contributed by atoms with Crippen LogP contribution in [0.1, 0.15) is 78.1 Å². The quantitative estimate of drug-likeness (QED) is 0.128. The summed E-state index contributed by atoms with van der Waals surface area (Å²) in [5.41, 5.74) is 0. The third-order valence-electron chi connectivity index (χ3n) is 3.39. The van der Waals surface area contributed by atoms with Crippen LogP contribution in [0.4, 0.5) is 9.59 Å². The first-order valence-corrected chi connectivity index (χ1v) is 14.3. The van der Waals surface area contributed by atoms with Crippen LogP contribution in [0.5, 0.6) is 0 Å². The first kappa shape index (κ1) is 26.3. The van der Waals surface area contributed by atoms with Gasteiger partial charge in [-0.15, -0.1) is 0 Å². The van der Waals surface area contributed by atoms with Gasteiger partial charge in [-0.2, -0.15) is 0 Å². The molecule has 0 aliphatic carbocycles. The standard InChI is InChI=1S/C18H34O4S4/c1-3-5-13-21-17(19)25-23-15-11-9-7-8-10-12-16-24-26-18(20)22-14-6-4-2/h3-16H2,1-2H3. The van der Waals surface area contributed by atoms with Crippen molar-refractivity contribution in [1.29, 1.82) is 0 Å². The molecule has 0 rings (SSSR count). The van der Waals surface area contributed by atoms with Crippen molar-refractivity contribution in [2.24, 2.45) is 0 Å². The molecule has 8 heteroatoms. The lowest BCUT2D eigenvalue weighted by molar-refractivity contribution is 0.173. The minimum absolute atomic E-state index is 0.159. The van der Waals surface area contributed by atoms with E-state index in [4.69, 9.17) is 9.47 Å². The van der Waals surface area contributed by atoms with Gasteiger partial charge < -0.3 is 9.47 Å². The molecule has 0 atom stereocenters. The van der Waals surface area contributed by atoms with Gasteiger partial charge in [0.2, 0.25) is 0 Å². The van der Waals surface area contributed by atoms with Crippen LogP contribution >= 0.6 is 43.2 Å². The van der Waals surface area contributed by atoms with Gasteiger partial charge >= 0.3 is 10.6 Å². The molecule has 0 heterocycles. The lowest BCUT2D eigenvalue weighted by atomic mass is 10.1. The van der Waals surface area contributed by atoms with E-state index in [1.165, 1.54) is 47.3 Å². The predicted octanol–water partition coefficient (Wildman–Crippen LogP) is 7.96. The van der Waals surface area contributed by atoms with Crippen molar-refractivity contribution in [3.05, 3.63) is 0 Å².